The molecule has 0 bridgehead atoms. The summed E-state index contributed by atoms with van der Waals surface area (Å²) in [5, 5.41) is 2.53. The summed E-state index contributed by atoms with van der Waals surface area (Å²) in [6.07, 6.45) is 19.7. The third-order valence-corrected chi connectivity index (χ3v) is 14.1. The maximum Gasteiger partial charge on any atom is 0.171 e. The highest BCUT2D eigenvalue weighted by Gasteiger charge is 2.35. The van der Waals surface area contributed by atoms with Crippen molar-refractivity contribution in [1.82, 2.24) is 0 Å². The van der Waals surface area contributed by atoms with Gasteiger partial charge in [-0.3, -0.25) is 0 Å². The van der Waals surface area contributed by atoms with Crippen LogP contribution in [-0.4, -0.2) is 8.42 Å². The Morgan fingerprint density at radius 2 is 0.962 bits per heavy atom. The summed E-state index contributed by atoms with van der Waals surface area (Å²) < 4.78 is 31.1. The molecular weight excluding hydrogens is 665 g/mol. The maximum absolute atomic E-state index is 15.5. The molecule has 3 heteroatoms. The first-order valence-corrected chi connectivity index (χ1v) is 21.1. The van der Waals surface area contributed by atoms with Crippen molar-refractivity contribution in [3.8, 4) is 0 Å². The van der Waals surface area contributed by atoms with Crippen LogP contribution in [0.3, 0.4) is 0 Å². The van der Waals surface area contributed by atoms with Crippen LogP contribution in [0.15, 0.2) is 155 Å². The van der Waals surface area contributed by atoms with Gasteiger partial charge in [0, 0.05) is 0 Å². The van der Waals surface area contributed by atoms with Gasteiger partial charge >= 0.3 is 0 Å². The van der Waals surface area contributed by atoms with Gasteiger partial charge < -0.3 is 0 Å². The lowest BCUT2D eigenvalue weighted by molar-refractivity contribution is 0.376. The molecule has 276 valence electrons. The highest BCUT2D eigenvalue weighted by Crippen LogP contribution is 2.43. The molecule has 4 aromatic rings. The monoisotopic (exact) mass is 722 g/mol. The Bertz CT molecular complexity index is 2140. The van der Waals surface area contributed by atoms with E-state index in [2.05, 4.69) is 114 Å². The van der Waals surface area contributed by atoms with E-state index in [9.17, 15) is 0 Å². The standard InChI is InChI=1S/C50H58O2S/c1-35(21-27-45-37(3)15-13-29-49(45,5)6)31-47(43-25-23-39-17-9-11-19-41(39)33-43)53(51,52)48(44-26-24-40-18-10-12-20-42(40)34-44)32-36(2)22-28-46-38(4)16-14-30-50(46,7)8/h9-12,17-28,31-34,47-48H,13-16,29-30H2,1-8H3. The zero-order valence-electron chi connectivity index (χ0n) is 33.2. The molecule has 2 atom stereocenters. The lowest BCUT2D eigenvalue weighted by atomic mass is 9.72. The average molecular weight is 723 g/mol. The van der Waals surface area contributed by atoms with Crippen molar-refractivity contribution in [2.75, 3.05) is 0 Å². The number of benzene rings is 4. The molecule has 2 unspecified atom stereocenters. The summed E-state index contributed by atoms with van der Waals surface area (Å²) >= 11 is 0. The summed E-state index contributed by atoms with van der Waals surface area (Å²) in [4.78, 5) is 0. The van der Waals surface area contributed by atoms with Crippen molar-refractivity contribution in [2.45, 2.75) is 104 Å². The molecule has 0 N–H and O–H groups in total. The lowest BCUT2D eigenvalue weighted by Gasteiger charge is -2.33. The number of allylic oxidation sites excluding steroid dienone is 10. The molecule has 2 aliphatic carbocycles. The van der Waals surface area contributed by atoms with Crippen LogP contribution in [-0.2, 0) is 9.84 Å². The molecule has 0 radical (unpaired) electrons. The molecule has 0 heterocycles. The van der Waals surface area contributed by atoms with Crippen molar-refractivity contribution in [2.24, 2.45) is 10.8 Å². The Morgan fingerprint density at radius 3 is 1.34 bits per heavy atom. The second-order valence-corrected chi connectivity index (χ2v) is 19.2. The van der Waals surface area contributed by atoms with E-state index in [4.69, 9.17) is 0 Å². The third kappa shape index (κ3) is 8.62. The van der Waals surface area contributed by atoms with E-state index in [1.807, 2.05) is 62.4 Å². The Kier molecular flexibility index (Phi) is 11.4. The number of hydrogen-bond donors (Lipinski definition) is 0. The molecule has 0 spiro atoms. The van der Waals surface area contributed by atoms with Gasteiger partial charge in [-0.25, -0.2) is 8.42 Å². The number of fused-ring (bicyclic) bond motifs is 2. The third-order valence-electron chi connectivity index (χ3n) is 11.9. The number of rotatable bonds is 10. The molecule has 53 heavy (non-hydrogen) atoms. The smallest absolute Gasteiger partial charge is 0.171 e. The second-order valence-electron chi connectivity index (χ2n) is 17.0. The molecule has 0 aliphatic heterocycles. The van der Waals surface area contributed by atoms with Crippen molar-refractivity contribution in [3.63, 3.8) is 0 Å². The van der Waals surface area contributed by atoms with Crippen molar-refractivity contribution in [1.29, 1.82) is 0 Å². The SMILES string of the molecule is CC(C=CC1=C(C)CCCC1(C)C)=CC(c1ccc2ccccc2c1)S(=O)(=O)C(C=C(C)C=CC1=C(C)CCCC1(C)C)c1ccc2ccccc2c1. The van der Waals surface area contributed by atoms with Gasteiger partial charge in [0.05, 0.1) is 0 Å². The van der Waals surface area contributed by atoms with Crippen LogP contribution in [0.4, 0.5) is 0 Å². The van der Waals surface area contributed by atoms with Crippen molar-refractivity contribution >= 4 is 31.4 Å². The van der Waals surface area contributed by atoms with E-state index < -0.39 is 20.3 Å². The molecule has 2 aliphatic rings. The fourth-order valence-corrected chi connectivity index (χ4v) is 10.9. The zero-order chi connectivity index (χ0) is 38.0. The summed E-state index contributed by atoms with van der Waals surface area (Å²) in [6.45, 7) is 17.9. The van der Waals surface area contributed by atoms with E-state index in [0.717, 1.165) is 69.5 Å². The fourth-order valence-electron chi connectivity index (χ4n) is 8.73. The average Bonchev–Trinajstić information content (AvgIpc) is 3.11. The van der Waals surface area contributed by atoms with Gasteiger partial charge in [0.25, 0.3) is 0 Å². The van der Waals surface area contributed by atoms with E-state index >= 15 is 8.42 Å². The first-order chi connectivity index (χ1) is 25.2. The van der Waals surface area contributed by atoms with Crippen LogP contribution in [0.5, 0.6) is 0 Å². The van der Waals surface area contributed by atoms with Crippen molar-refractivity contribution < 1.29 is 8.42 Å². The first kappa shape index (κ1) is 38.5. The molecule has 4 aromatic carbocycles. The highest BCUT2D eigenvalue weighted by molar-refractivity contribution is 7.92. The van der Waals surface area contributed by atoms with Crippen LogP contribution in [0, 0.1) is 10.8 Å². The quantitative estimate of drug-likeness (QED) is 0.153. The minimum atomic E-state index is -3.89. The van der Waals surface area contributed by atoms with Crippen LogP contribution in [0.2, 0.25) is 0 Å². The highest BCUT2D eigenvalue weighted by atomic mass is 32.2. The van der Waals surface area contributed by atoms with Crippen LogP contribution < -0.4 is 0 Å². The summed E-state index contributed by atoms with van der Waals surface area (Å²) in [5.41, 5.74) is 9.22. The Hall–Kier alpha value is -4.21. The summed E-state index contributed by atoms with van der Waals surface area (Å²) in [5.74, 6) is 0. The molecule has 2 nitrogen and oxygen atoms in total. The lowest BCUT2D eigenvalue weighted by Crippen LogP contribution is -2.20. The molecule has 0 saturated carbocycles. The molecule has 0 fully saturated rings. The van der Waals surface area contributed by atoms with E-state index in [0.29, 0.717) is 0 Å². The van der Waals surface area contributed by atoms with Gasteiger partial charge in [0.2, 0.25) is 0 Å². The van der Waals surface area contributed by atoms with E-state index in [1.165, 1.54) is 35.1 Å². The second kappa shape index (κ2) is 15.6. The number of sulfone groups is 1. The predicted octanol–water partition coefficient (Wildman–Crippen LogP) is 14.2. The fraction of sp³-hybridized carbons (Fsp3) is 0.360. The topological polar surface area (TPSA) is 34.1 Å². The first-order valence-electron chi connectivity index (χ1n) is 19.5. The van der Waals surface area contributed by atoms with Crippen LogP contribution in [0.25, 0.3) is 21.5 Å². The van der Waals surface area contributed by atoms with Crippen LogP contribution in [0.1, 0.15) is 116 Å². The van der Waals surface area contributed by atoms with E-state index in [-0.39, 0.29) is 10.8 Å². The Balaban J connectivity index is 1.50. The van der Waals surface area contributed by atoms with Gasteiger partial charge in [-0.1, -0.05) is 159 Å². The number of hydrogen-bond acceptors (Lipinski definition) is 2. The van der Waals surface area contributed by atoms with Crippen LogP contribution >= 0.6 is 0 Å². The minimum absolute atomic E-state index is 0.0986. The molecule has 0 amide bonds. The van der Waals surface area contributed by atoms with Gasteiger partial charge in [-0.15, -0.1) is 0 Å². The minimum Gasteiger partial charge on any atom is -0.227 e. The largest absolute Gasteiger partial charge is 0.227 e. The molecule has 0 aromatic heterocycles. The van der Waals surface area contributed by atoms with Gasteiger partial charge in [-0.05, 0) is 133 Å². The van der Waals surface area contributed by atoms with E-state index in [1.54, 1.807) is 0 Å². The summed E-state index contributed by atoms with van der Waals surface area (Å²) in [7, 11) is -3.89. The summed E-state index contributed by atoms with van der Waals surface area (Å²) in [6, 6.07) is 28.6. The van der Waals surface area contributed by atoms with Gasteiger partial charge in [0.1, 0.15) is 10.5 Å². The Labute approximate surface area is 319 Å². The molecule has 0 saturated heterocycles. The normalized spacial score (nSPS) is 19.8. The Morgan fingerprint density at radius 1 is 0.585 bits per heavy atom. The molecule has 6 rings (SSSR count). The maximum atomic E-state index is 15.5. The van der Waals surface area contributed by atoms with Gasteiger partial charge in [-0.2, -0.15) is 0 Å². The van der Waals surface area contributed by atoms with Gasteiger partial charge in [0.15, 0.2) is 9.84 Å². The molecular formula is C50H58O2S. The van der Waals surface area contributed by atoms with Crippen molar-refractivity contribution in [3.05, 3.63) is 166 Å². The predicted molar refractivity (Wildman–Crippen MR) is 229 cm³/mol. The zero-order valence-corrected chi connectivity index (χ0v) is 34.0.